The van der Waals surface area contributed by atoms with Gasteiger partial charge in [0.25, 0.3) is 0 Å². The Kier molecular flexibility index (Phi) is 4.28. The molecule has 1 nitrogen and oxygen atoms in total. The minimum Gasteiger partial charge on any atom is -0.381 e. The Bertz CT molecular complexity index is 431. The monoisotopic (exact) mass is 329 g/mol. The highest BCUT2D eigenvalue weighted by atomic mass is 79.9. The fourth-order valence-corrected chi connectivity index (χ4v) is 3.70. The van der Waals surface area contributed by atoms with Gasteiger partial charge >= 0.3 is 0 Å². The fourth-order valence-electron chi connectivity index (χ4n) is 2.97. The summed E-state index contributed by atoms with van der Waals surface area (Å²) in [6.07, 6.45) is 3.78. The molecule has 0 spiro atoms. The summed E-state index contributed by atoms with van der Waals surface area (Å²) in [5.41, 5.74) is 1.54. The summed E-state index contributed by atoms with van der Waals surface area (Å²) in [5.74, 6) is 0.688. The highest BCUT2D eigenvalue weighted by Crippen LogP contribution is 2.40. The fraction of sp³-hybridized carbons (Fsp3) is 0.600. The van der Waals surface area contributed by atoms with Crippen LogP contribution >= 0.6 is 27.5 Å². The van der Waals surface area contributed by atoms with Crippen LogP contribution in [0.5, 0.6) is 0 Å². The van der Waals surface area contributed by atoms with Crippen LogP contribution < -0.4 is 5.32 Å². The van der Waals surface area contributed by atoms with Crippen molar-refractivity contribution in [3.05, 3.63) is 27.7 Å². The largest absolute Gasteiger partial charge is 0.381 e. The first kappa shape index (κ1) is 14.2. The quantitative estimate of drug-likeness (QED) is 0.730. The zero-order chi connectivity index (χ0) is 13.3. The van der Waals surface area contributed by atoms with Crippen molar-refractivity contribution in [2.45, 2.75) is 46.1 Å². The van der Waals surface area contributed by atoms with E-state index >= 15 is 0 Å². The van der Waals surface area contributed by atoms with Crippen molar-refractivity contribution in [2.75, 3.05) is 5.32 Å². The summed E-state index contributed by atoms with van der Waals surface area (Å²) in [5, 5.41) is 4.40. The molecule has 2 rings (SSSR count). The third-order valence-electron chi connectivity index (χ3n) is 3.97. The molecule has 1 N–H and O–H groups in total. The Morgan fingerprint density at radius 2 is 2.11 bits per heavy atom. The molecular formula is C15H21BrClN. The van der Waals surface area contributed by atoms with Crippen LogP contribution in [0, 0.1) is 11.3 Å². The Hall–Kier alpha value is -0.210. The van der Waals surface area contributed by atoms with Gasteiger partial charge in [-0.3, -0.25) is 0 Å². The molecule has 100 valence electrons. The van der Waals surface area contributed by atoms with E-state index in [2.05, 4.69) is 48.1 Å². The van der Waals surface area contributed by atoms with E-state index in [-0.39, 0.29) is 0 Å². The lowest BCUT2D eigenvalue weighted by molar-refractivity contribution is 0.177. The molecule has 0 bridgehead atoms. The van der Waals surface area contributed by atoms with Crippen LogP contribution in [0.3, 0.4) is 0 Å². The molecule has 1 aliphatic carbocycles. The Morgan fingerprint density at radius 1 is 1.39 bits per heavy atom. The molecular weight excluding hydrogens is 310 g/mol. The number of halogens is 2. The van der Waals surface area contributed by atoms with E-state index < -0.39 is 0 Å². The molecule has 1 saturated carbocycles. The third kappa shape index (κ3) is 3.42. The second kappa shape index (κ2) is 5.42. The van der Waals surface area contributed by atoms with Gasteiger partial charge in [0.2, 0.25) is 0 Å². The maximum atomic E-state index is 6.26. The zero-order valence-corrected chi connectivity index (χ0v) is 13.6. The topological polar surface area (TPSA) is 12.0 Å². The summed E-state index contributed by atoms with van der Waals surface area (Å²) >= 11 is 9.70. The molecule has 0 amide bonds. The second-order valence-electron chi connectivity index (χ2n) is 6.26. The average molecular weight is 331 g/mol. The first-order valence-electron chi connectivity index (χ1n) is 6.59. The van der Waals surface area contributed by atoms with Gasteiger partial charge in [-0.1, -0.05) is 48.3 Å². The summed E-state index contributed by atoms with van der Waals surface area (Å²) in [7, 11) is 0. The van der Waals surface area contributed by atoms with Crippen molar-refractivity contribution >= 4 is 33.2 Å². The van der Waals surface area contributed by atoms with Crippen molar-refractivity contribution in [3.63, 3.8) is 0 Å². The highest BCUT2D eigenvalue weighted by Gasteiger charge is 2.32. The standard InChI is InChI=1S/C15H21BrClN/c1-10-9-15(2,3)7-6-13(10)18-14-5-4-11(16)8-12(14)17/h4-5,8,10,13,18H,6-7,9H2,1-3H3. The van der Waals surface area contributed by atoms with Crippen molar-refractivity contribution < 1.29 is 0 Å². The SMILES string of the molecule is CC1CC(C)(C)CCC1Nc1ccc(Br)cc1Cl. The van der Waals surface area contributed by atoms with Gasteiger partial charge < -0.3 is 5.32 Å². The number of rotatable bonds is 2. The predicted molar refractivity (Wildman–Crippen MR) is 83.4 cm³/mol. The highest BCUT2D eigenvalue weighted by molar-refractivity contribution is 9.10. The van der Waals surface area contributed by atoms with Crippen LogP contribution in [0.25, 0.3) is 0 Å². The van der Waals surface area contributed by atoms with Gasteiger partial charge in [-0.15, -0.1) is 0 Å². The molecule has 2 unspecified atom stereocenters. The summed E-state index contributed by atoms with van der Waals surface area (Å²) in [6, 6.07) is 6.57. The normalized spacial score (nSPS) is 26.9. The van der Waals surface area contributed by atoms with Gasteiger partial charge in [0.05, 0.1) is 10.7 Å². The van der Waals surface area contributed by atoms with Crippen LogP contribution in [0.4, 0.5) is 5.69 Å². The molecule has 0 aliphatic heterocycles. The average Bonchev–Trinajstić information content (AvgIpc) is 2.24. The second-order valence-corrected chi connectivity index (χ2v) is 7.58. The molecule has 1 fully saturated rings. The number of benzene rings is 1. The van der Waals surface area contributed by atoms with Gasteiger partial charge in [0.1, 0.15) is 0 Å². The van der Waals surface area contributed by atoms with Crippen LogP contribution in [0.1, 0.15) is 40.0 Å². The molecule has 0 aromatic heterocycles. The van der Waals surface area contributed by atoms with Crippen LogP contribution in [0.2, 0.25) is 5.02 Å². The lowest BCUT2D eigenvalue weighted by Gasteiger charge is -2.40. The van der Waals surface area contributed by atoms with Gasteiger partial charge in [-0.2, -0.15) is 0 Å². The first-order chi connectivity index (χ1) is 8.37. The van der Waals surface area contributed by atoms with E-state index in [1.54, 1.807) is 0 Å². The van der Waals surface area contributed by atoms with Crippen molar-refractivity contribution in [2.24, 2.45) is 11.3 Å². The lowest BCUT2D eigenvalue weighted by Crippen LogP contribution is -2.36. The minimum atomic E-state index is 0.487. The van der Waals surface area contributed by atoms with Gasteiger partial charge in [-0.25, -0.2) is 0 Å². The van der Waals surface area contributed by atoms with Crippen molar-refractivity contribution in [1.82, 2.24) is 0 Å². The third-order valence-corrected chi connectivity index (χ3v) is 4.77. The lowest BCUT2D eigenvalue weighted by atomic mass is 9.70. The Labute approximate surface area is 123 Å². The Balaban J connectivity index is 2.06. The molecule has 0 saturated heterocycles. The van der Waals surface area contributed by atoms with Gasteiger partial charge in [0, 0.05) is 10.5 Å². The summed E-state index contributed by atoms with van der Waals surface area (Å²) in [6.45, 7) is 7.07. The summed E-state index contributed by atoms with van der Waals surface area (Å²) in [4.78, 5) is 0. The van der Waals surface area contributed by atoms with Crippen LogP contribution in [-0.2, 0) is 0 Å². The molecule has 0 radical (unpaired) electrons. The smallest absolute Gasteiger partial charge is 0.0648 e. The van der Waals surface area contributed by atoms with E-state index in [0.717, 1.165) is 15.2 Å². The van der Waals surface area contributed by atoms with E-state index in [4.69, 9.17) is 11.6 Å². The zero-order valence-electron chi connectivity index (χ0n) is 11.3. The van der Waals surface area contributed by atoms with E-state index in [1.165, 1.54) is 19.3 Å². The number of anilines is 1. The van der Waals surface area contributed by atoms with Crippen molar-refractivity contribution in [3.8, 4) is 0 Å². The minimum absolute atomic E-state index is 0.487. The molecule has 1 aromatic rings. The van der Waals surface area contributed by atoms with Crippen molar-refractivity contribution in [1.29, 1.82) is 0 Å². The number of nitrogens with one attached hydrogen (secondary N) is 1. The first-order valence-corrected chi connectivity index (χ1v) is 7.76. The van der Waals surface area contributed by atoms with E-state index in [1.807, 2.05) is 12.1 Å². The van der Waals surface area contributed by atoms with Crippen LogP contribution in [-0.4, -0.2) is 6.04 Å². The molecule has 2 atom stereocenters. The van der Waals surface area contributed by atoms with Gasteiger partial charge in [0.15, 0.2) is 0 Å². The maximum absolute atomic E-state index is 6.26. The molecule has 3 heteroatoms. The maximum Gasteiger partial charge on any atom is 0.0648 e. The molecule has 0 heterocycles. The van der Waals surface area contributed by atoms with Gasteiger partial charge in [-0.05, 0) is 48.8 Å². The predicted octanol–water partition coefficient (Wildman–Crippen LogP) is 5.73. The van der Waals surface area contributed by atoms with Crippen LogP contribution in [0.15, 0.2) is 22.7 Å². The molecule has 1 aromatic carbocycles. The Morgan fingerprint density at radius 3 is 2.72 bits per heavy atom. The number of hydrogen-bond donors (Lipinski definition) is 1. The summed E-state index contributed by atoms with van der Waals surface area (Å²) < 4.78 is 1.02. The molecule has 18 heavy (non-hydrogen) atoms. The van der Waals surface area contributed by atoms with E-state index in [9.17, 15) is 0 Å². The number of hydrogen-bond acceptors (Lipinski definition) is 1. The van der Waals surface area contributed by atoms with E-state index in [0.29, 0.717) is 17.4 Å². The molecule has 1 aliphatic rings.